The van der Waals surface area contributed by atoms with Crippen LogP contribution in [0.5, 0.6) is 0 Å². The molecule has 0 unspecified atom stereocenters. The number of aromatic carboxylic acids is 1. The van der Waals surface area contributed by atoms with Crippen molar-refractivity contribution in [1.82, 2.24) is 10.6 Å². The van der Waals surface area contributed by atoms with Gasteiger partial charge in [-0.05, 0) is 24.3 Å². The molecule has 0 heterocycles. The van der Waals surface area contributed by atoms with Crippen molar-refractivity contribution >= 4 is 29.7 Å². The predicted molar refractivity (Wildman–Crippen MR) is 71.3 cm³/mol. The van der Waals surface area contributed by atoms with Crippen LogP contribution >= 0.6 is 11.8 Å². The minimum absolute atomic E-state index is 0.207. The monoisotopic (exact) mass is 282 g/mol. The maximum absolute atomic E-state index is 11.3. The lowest BCUT2D eigenvalue weighted by Crippen LogP contribution is -2.37. The topological polar surface area (TPSA) is 95.5 Å². The second-order valence-corrected chi connectivity index (χ2v) is 4.72. The van der Waals surface area contributed by atoms with Gasteiger partial charge in [-0.25, -0.2) is 9.59 Å². The van der Waals surface area contributed by atoms with E-state index in [-0.39, 0.29) is 17.9 Å². The van der Waals surface area contributed by atoms with E-state index in [0.717, 1.165) is 4.90 Å². The number of amides is 3. The Morgan fingerprint density at radius 3 is 2.37 bits per heavy atom. The summed E-state index contributed by atoms with van der Waals surface area (Å²) >= 11 is 1.42. The van der Waals surface area contributed by atoms with E-state index in [0.29, 0.717) is 5.75 Å². The third kappa shape index (κ3) is 5.43. The molecule has 3 N–H and O–H groups in total. The zero-order valence-electron chi connectivity index (χ0n) is 10.3. The fourth-order valence-corrected chi connectivity index (χ4v) is 2.06. The smallest absolute Gasteiger partial charge is 0.335 e. The minimum Gasteiger partial charge on any atom is -0.478 e. The van der Waals surface area contributed by atoms with Gasteiger partial charge in [-0.2, -0.15) is 0 Å². The average molecular weight is 282 g/mol. The van der Waals surface area contributed by atoms with Crippen LogP contribution in [0.25, 0.3) is 0 Å². The Morgan fingerprint density at radius 2 is 1.84 bits per heavy atom. The number of nitrogens with one attached hydrogen (secondary N) is 2. The van der Waals surface area contributed by atoms with E-state index in [2.05, 4.69) is 10.6 Å². The van der Waals surface area contributed by atoms with Crippen molar-refractivity contribution in [3.8, 4) is 0 Å². The number of imide groups is 1. The van der Waals surface area contributed by atoms with Crippen LogP contribution in [0.2, 0.25) is 0 Å². The summed E-state index contributed by atoms with van der Waals surface area (Å²) in [6.07, 6.45) is 0.207. The van der Waals surface area contributed by atoms with Crippen molar-refractivity contribution < 1.29 is 19.5 Å². The largest absolute Gasteiger partial charge is 0.478 e. The number of urea groups is 1. The molecule has 102 valence electrons. The third-order valence-electron chi connectivity index (χ3n) is 2.18. The summed E-state index contributed by atoms with van der Waals surface area (Å²) in [6.45, 7) is 0. The number of benzene rings is 1. The van der Waals surface area contributed by atoms with Crippen LogP contribution in [-0.2, 0) is 4.79 Å². The van der Waals surface area contributed by atoms with Crippen LogP contribution < -0.4 is 10.6 Å². The zero-order chi connectivity index (χ0) is 14.3. The molecule has 1 rings (SSSR count). The molecular formula is C12H14N2O4S. The summed E-state index contributed by atoms with van der Waals surface area (Å²) in [5.74, 6) is -0.814. The molecule has 0 atom stereocenters. The van der Waals surface area contributed by atoms with E-state index in [1.807, 2.05) is 0 Å². The highest BCUT2D eigenvalue weighted by atomic mass is 32.2. The lowest BCUT2D eigenvalue weighted by Gasteiger charge is -2.03. The molecule has 19 heavy (non-hydrogen) atoms. The van der Waals surface area contributed by atoms with Gasteiger partial charge in [-0.1, -0.05) is 0 Å². The molecular weight excluding hydrogens is 268 g/mol. The Bertz CT molecular complexity index is 473. The summed E-state index contributed by atoms with van der Waals surface area (Å²) in [5.41, 5.74) is 0.224. The Kier molecular flexibility index (Phi) is 5.87. The Morgan fingerprint density at radius 1 is 1.21 bits per heavy atom. The summed E-state index contributed by atoms with van der Waals surface area (Å²) in [7, 11) is 1.43. The average Bonchev–Trinajstić information content (AvgIpc) is 2.39. The van der Waals surface area contributed by atoms with Gasteiger partial charge >= 0.3 is 12.0 Å². The molecule has 3 amide bonds. The van der Waals surface area contributed by atoms with Gasteiger partial charge in [0, 0.05) is 24.1 Å². The summed E-state index contributed by atoms with van der Waals surface area (Å²) < 4.78 is 0. The number of hydrogen-bond donors (Lipinski definition) is 3. The number of carboxylic acid groups (broad SMARTS) is 1. The van der Waals surface area contributed by atoms with Gasteiger partial charge in [0.1, 0.15) is 0 Å². The molecule has 7 heteroatoms. The molecule has 1 aromatic rings. The van der Waals surface area contributed by atoms with Gasteiger partial charge in [0.15, 0.2) is 0 Å². The number of hydrogen-bond acceptors (Lipinski definition) is 4. The predicted octanol–water partition coefficient (Wildman–Crippen LogP) is 1.32. The van der Waals surface area contributed by atoms with Crippen LogP contribution in [-0.4, -0.2) is 35.8 Å². The van der Waals surface area contributed by atoms with Crippen molar-refractivity contribution in [3.05, 3.63) is 29.8 Å². The number of carbonyl (C=O) groups is 3. The molecule has 6 nitrogen and oxygen atoms in total. The molecule has 0 aliphatic carbocycles. The van der Waals surface area contributed by atoms with E-state index in [9.17, 15) is 14.4 Å². The van der Waals surface area contributed by atoms with E-state index in [4.69, 9.17) is 5.11 Å². The first kappa shape index (κ1) is 15.0. The van der Waals surface area contributed by atoms with Gasteiger partial charge in [-0.15, -0.1) is 11.8 Å². The maximum atomic E-state index is 11.3. The minimum atomic E-state index is -0.971. The van der Waals surface area contributed by atoms with Crippen LogP contribution in [0.1, 0.15) is 16.8 Å². The highest BCUT2D eigenvalue weighted by molar-refractivity contribution is 7.99. The van der Waals surface area contributed by atoms with Gasteiger partial charge in [0.05, 0.1) is 5.56 Å². The van der Waals surface area contributed by atoms with Gasteiger partial charge < -0.3 is 10.4 Å². The van der Waals surface area contributed by atoms with Gasteiger partial charge in [0.25, 0.3) is 0 Å². The quantitative estimate of drug-likeness (QED) is 0.708. The first-order valence-corrected chi connectivity index (χ1v) is 6.49. The van der Waals surface area contributed by atoms with Crippen LogP contribution in [0.4, 0.5) is 4.79 Å². The van der Waals surface area contributed by atoms with Crippen LogP contribution in [0, 0.1) is 0 Å². The number of carbonyl (C=O) groups excluding carboxylic acids is 2. The second-order valence-electron chi connectivity index (χ2n) is 3.56. The molecule has 0 bridgehead atoms. The SMILES string of the molecule is CNC(=O)NC(=O)CCSc1ccc(C(=O)O)cc1. The molecule has 0 saturated heterocycles. The first-order chi connectivity index (χ1) is 9.02. The van der Waals surface area contributed by atoms with Gasteiger partial charge in [-0.3, -0.25) is 10.1 Å². The normalized spacial score (nSPS) is 9.74. The zero-order valence-corrected chi connectivity index (χ0v) is 11.1. The van der Waals surface area contributed by atoms with E-state index < -0.39 is 12.0 Å². The lowest BCUT2D eigenvalue weighted by molar-refractivity contribution is -0.119. The number of carboxylic acids is 1. The fourth-order valence-electron chi connectivity index (χ4n) is 1.21. The van der Waals surface area contributed by atoms with Crippen molar-refractivity contribution in [1.29, 1.82) is 0 Å². The summed E-state index contributed by atoms with van der Waals surface area (Å²) in [6, 6.07) is 5.86. The highest BCUT2D eigenvalue weighted by Crippen LogP contribution is 2.19. The highest BCUT2D eigenvalue weighted by Gasteiger charge is 2.06. The standard InChI is InChI=1S/C12H14N2O4S/c1-13-12(18)14-10(15)6-7-19-9-4-2-8(3-5-9)11(16)17/h2-5H,6-7H2,1H3,(H,16,17)(H2,13,14,15,18). The Hall–Kier alpha value is -2.02. The Balaban J connectivity index is 2.35. The molecule has 0 saturated carbocycles. The van der Waals surface area contributed by atoms with Crippen molar-refractivity contribution in [2.24, 2.45) is 0 Å². The second kappa shape index (κ2) is 7.42. The maximum Gasteiger partial charge on any atom is 0.335 e. The molecule has 0 spiro atoms. The molecule has 0 fully saturated rings. The molecule has 1 aromatic carbocycles. The fraction of sp³-hybridized carbons (Fsp3) is 0.250. The third-order valence-corrected chi connectivity index (χ3v) is 3.19. The number of thioether (sulfide) groups is 1. The van der Waals surface area contributed by atoms with E-state index in [1.165, 1.54) is 30.9 Å². The van der Waals surface area contributed by atoms with E-state index >= 15 is 0 Å². The molecule has 0 aliphatic heterocycles. The lowest BCUT2D eigenvalue weighted by atomic mass is 10.2. The molecule has 0 radical (unpaired) electrons. The van der Waals surface area contributed by atoms with Crippen molar-refractivity contribution in [2.45, 2.75) is 11.3 Å². The Labute approximate surface area is 114 Å². The van der Waals surface area contributed by atoms with Crippen molar-refractivity contribution in [3.63, 3.8) is 0 Å². The summed E-state index contributed by atoms with van der Waals surface area (Å²) in [5, 5.41) is 13.2. The molecule has 0 aromatic heterocycles. The summed E-state index contributed by atoms with van der Waals surface area (Å²) in [4.78, 5) is 33.7. The molecule has 0 aliphatic rings. The van der Waals surface area contributed by atoms with Crippen LogP contribution in [0.15, 0.2) is 29.2 Å². The number of rotatable bonds is 5. The van der Waals surface area contributed by atoms with E-state index in [1.54, 1.807) is 12.1 Å². The first-order valence-electron chi connectivity index (χ1n) is 5.50. The van der Waals surface area contributed by atoms with Crippen molar-refractivity contribution in [2.75, 3.05) is 12.8 Å². The van der Waals surface area contributed by atoms with Gasteiger partial charge in [0.2, 0.25) is 5.91 Å². The van der Waals surface area contributed by atoms with Crippen LogP contribution in [0.3, 0.4) is 0 Å².